The van der Waals surface area contributed by atoms with Gasteiger partial charge in [-0.1, -0.05) is 13.3 Å². The fourth-order valence-corrected chi connectivity index (χ4v) is 2.39. The van der Waals surface area contributed by atoms with Gasteiger partial charge in [-0.3, -0.25) is 4.90 Å². The molecular formula is C14H23N3O. The summed E-state index contributed by atoms with van der Waals surface area (Å²) in [7, 11) is 0. The fourth-order valence-electron chi connectivity index (χ4n) is 2.39. The predicted molar refractivity (Wildman–Crippen MR) is 73.5 cm³/mol. The first kappa shape index (κ1) is 13.3. The second kappa shape index (κ2) is 6.16. The standard InChI is InChI=1S/C14H23N3O/c1-3-4-13-11(2)12(9-14(15)16-13)10-17-5-7-18-8-6-17/h9H,3-8,10H2,1-2H3,(H2,15,16). The molecule has 1 aliphatic rings. The Morgan fingerprint density at radius 2 is 2.11 bits per heavy atom. The summed E-state index contributed by atoms with van der Waals surface area (Å²) in [6.45, 7) is 8.97. The first-order chi connectivity index (χ1) is 8.70. The maximum Gasteiger partial charge on any atom is 0.123 e. The Labute approximate surface area is 109 Å². The van der Waals surface area contributed by atoms with Gasteiger partial charge in [0.25, 0.3) is 0 Å². The average molecular weight is 249 g/mol. The van der Waals surface area contributed by atoms with Crippen molar-refractivity contribution < 1.29 is 4.74 Å². The summed E-state index contributed by atoms with van der Waals surface area (Å²) >= 11 is 0. The third-order valence-corrected chi connectivity index (χ3v) is 3.49. The number of nitrogens with zero attached hydrogens (tertiary/aromatic N) is 2. The van der Waals surface area contributed by atoms with Gasteiger partial charge in [-0.25, -0.2) is 4.98 Å². The van der Waals surface area contributed by atoms with E-state index in [1.54, 1.807) is 0 Å². The number of morpholine rings is 1. The molecule has 1 saturated heterocycles. The van der Waals surface area contributed by atoms with E-state index in [-0.39, 0.29) is 0 Å². The van der Waals surface area contributed by atoms with Gasteiger partial charge in [-0.05, 0) is 30.5 Å². The highest BCUT2D eigenvalue weighted by Crippen LogP contribution is 2.19. The van der Waals surface area contributed by atoms with Crippen LogP contribution in [0.15, 0.2) is 6.07 Å². The Balaban J connectivity index is 2.15. The fraction of sp³-hybridized carbons (Fsp3) is 0.643. The number of rotatable bonds is 4. The lowest BCUT2D eigenvalue weighted by atomic mass is 10.0. The van der Waals surface area contributed by atoms with E-state index in [4.69, 9.17) is 10.5 Å². The van der Waals surface area contributed by atoms with Crippen molar-refractivity contribution in [3.05, 3.63) is 22.9 Å². The van der Waals surface area contributed by atoms with Gasteiger partial charge in [0.15, 0.2) is 0 Å². The number of aromatic nitrogens is 1. The summed E-state index contributed by atoms with van der Waals surface area (Å²) in [5.74, 6) is 0.646. The van der Waals surface area contributed by atoms with Crippen LogP contribution in [0.1, 0.15) is 30.2 Å². The van der Waals surface area contributed by atoms with Crippen LogP contribution < -0.4 is 5.73 Å². The van der Waals surface area contributed by atoms with Gasteiger partial charge in [0.1, 0.15) is 5.82 Å². The number of nitrogen functional groups attached to an aromatic ring is 1. The van der Waals surface area contributed by atoms with E-state index < -0.39 is 0 Å². The second-order valence-corrected chi connectivity index (χ2v) is 4.92. The Morgan fingerprint density at radius 3 is 2.78 bits per heavy atom. The second-order valence-electron chi connectivity index (χ2n) is 4.92. The first-order valence-corrected chi connectivity index (χ1v) is 6.75. The van der Waals surface area contributed by atoms with Crippen LogP contribution >= 0.6 is 0 Å². The molecular weight excluding hydrogens is 226 g/mol. The molecule has 2 N–H and O–H groups in total. The molecule has 0 radical (unpaired) electrons. The summed E-state index contributed by atoms with van der Waals surface area (Å²) in [6, 6.07) is 2.02. The van der Waals surface area contributed by atoms with E-state index in [2.05, 4.69) is 23.7 Å². The van der Waals surface area contributed by atoms with Crippen LogP contribution in [-0.4, -0.2) is 36.2 Å². The molecule has 0 unspecified atom stereocenters. The molecule has 0 amide bonds. The van der Waals surface area contributed by atoms with Crippen LogP contribution in [-0.2, 0) is 17.7 Å². The number of pyridine rings is 1. The zero-order valence-corrected chi connectivity index (χ0v) is 11.4. The maximum atomic E-state index is 5.91. The molecule has 4 nitrogen and oxygen atoms in total. The van der Waals surface area contributed by atoms with Crippen LogP contribution in [0.2, 0.25) is 0 Å². The van der Waals surface area contributed by atoms with E-state index in [1.807, 2.05) is 6.07 Å². The third-order valence-electron chi connectivity index (χ3n) is 3.49. The van der Waals surface area contributed by atoms with Crippen molar-refractivity contribution in [2.75, 3.05) is 32.0 Å². The van der Waals surface area contributed by atoms with Gasteiger partial charge >= 0.3 is 0 Å². The quantitative estimate of drug-likeness (QED) is 0.883. The average Bonchev–Trinajstić information content (AvgIpc) is 2.36. The lowest BCUT2D eigenvalue weighted by Gasteiger charge is -2.27. The van der Waals surface area contributed by atoms with Gasteiger partial charge in [0, 0.05) is 25.3 Å². The number of aryl methyl sites for hydroxylation is 1. The molecule has 0 aromatic carbocycles. The molecule has 1 aromatic heterocycles. The summed E-state index contributed by atoms with van der Waals surface area (Å²) in [5.41, 5.74) is 9.68. The monoisotopic (exact) mass is 249 g/mol. The van der Waals surface area contributed by atoms with Gasteiger partial charge in [-0.2, -0.15) is 0 Å². The van der Waals surface area contributed by atoms with Crippen LogP contribution in [0.3, 0.4) is 0 Å². The Morgan fingerprint density at radius 1 is 1.39 bits per heavy atom. The topological polar surface area (TPSA) is 51.4 Å². The molecule has 4 heteroatoms. The first-order valence-electron chi connectivity index (χ1n) is 6.75. The molecule has 0 saturated carbocycles. The van der Waals surface area contributed by atoms with Gasteiger partial charge in [-0.15, -0.1) is 0 Å². The molecule has 0 atom stereocenters. The van der Waals surface area contributed by atoms with E-state index in [0.29, 0.717) is 5.82 Å². The Kier molecular flexibility index (Phi) is 4.55. The van der Waals surface area contributed by atoms with Crippen molar-refractivity contribution in [2.24, 2.45) is 0 Å². The zero-order valence-electron chi connectivity index (χ0n) is 11.4. The number of anilines is 1. The van der Waals surface area contributed by atoms with Crippen molar-refractivity contribution in [3.8, 4) is 0 Å². The largest absolute Gasteiger partial charge is 0.384 e. The molecule has 0 aliphatic carbocycles. The number of hydrogen-bond donors (Lipinski definition) is 1. The molecule has 0 spiro atoms. The minimum Gasteiger partial charge on any atom is -0.384 e. The molecule has 1 fully saturated rings. The van der Waals surface area contributed by atoms with E-state index in [0.717, 1.165) is 51.4 Å². The minimum absolute atomic E-state index is 0.646. The van der Waals surface area contributed by atoms with Crippen molar-refractivity contribution in [2.45, 2.75) is 33.2 Å². The number of hydrogen-bond acceptors (Lipinski definition) is 4. The number of nitrogens with two attached hydrogens (primary N) is 1. The number of ether oxygens (including phenoxy) is 1. The highest BCUT2D eigenvalue weighted by atomic mass is 16.5. The van der Waals surface area contributed by atoms with Gasteiger partial charge in [0.05, 0.1) is 13.2 Å². The van der Waals surface area contributed by atoms with Gasteiger partial charge < -0.3 is 10.5 Å². The minimum atomic E-state index is 0.646. The van der Waals surface area contributed by atoms with Crippen LogP contribution in [0.4, 0.5) is 5.82 Å². The lowest BCUT2D eigenvalue weighted by Crippen LogP contribution is -2.35. The molecule has 100 valence electrons. The maximum absolute atomic E-state index is 5.91. The van der Waals surface area contributed by atoms with E-state index in [9.17, 15) is 0 Å². The Hall–Kier alpha value is -1.13. The van der Waals surface area contributed by atoms with Crippen molar-refractivity contribution in [1.29, 1.82) is 0 Å². The van der Waals surface area contributed by atoms with Crippen molar-refractivity contribution in [1.82, 2.24) is 9.88 Å². The summed E-state index contributed by atoms with van der Waals surface area (Å²) in [4.78, 5) is 6.87. The molecule has 1 aromatic rings. The molecule has 18 heavy (non-hydrogen) atoms. The molecule has 2 heterocycles. The summed E-state index contributed by atoms with van der Waals surface area (Å²) < 4.78 is 5.37. The van der Waals surface area contributed by atoms with E-state index in [1.165, 1.54) is 11.1 Å². The van der Waals surface area contributed by atoms with Crippen molar-refractivity contribution in [3.63, 3.8) is 0 Å². The van der Waals surface area contributed by atoms with Crippen LogP contribution in [0, 0.1) is 6.92 Å². The molecule has 0 bridgehead atoms. The highest BCUT2D eigenvalue weighted by Gasteiger charge is 2.14. The normalized spacial score (nSPS) is 17.0. The highest BCUT2D eigenvalue weighted by molar-refractivity contribution is 5.40. The smallest absolute Gasteiger partial charge is 0.123 e. The van der Waals surface area contributed by atoms with E-state index >= 15 is 0 Å². The molecule has 1 aliphatic heterocycles. The summed E-state index contributed by atoms with van der Waals surface area (Å²) in [6.07, 6.45) is 2.11. The molecule has 2 rings (SSSR count). The summed E-state index contributed by atoms with van der Waals surface area (Å²) in [5, 5.41) is 0. The predicted octanol–water partition coefficient (Wildman–Crippen LogP) is 1.76. The zero-order chi connectivity index (χ0) is 13.0. The van der Waals surface area contributed by atoms with Crippen LogP contribution in [0.25, 0.3) is 0 Å². The lowest BCUT2D eigenvalue weighted by molar-refractivity contribution is 0.0341. The Bertz CT molecular complexity index is 400. The third kappa shape index (κ3) is 3.21. The van der Waals surface area contributed by atoms with Crippen molar-refractivity contribution >= 4 is 5.82 Å². The van der Waals surface area contributed by atoms with Crippen LogP contribution in [0.5, 0.6) is 0 Å². The SMILES string of the molecule is CCCc1nc(N)cc(CN2CCOCC2)c1C. The van der Waals surface area contributed by atoms with Gasteiger partial charge in [0.2, 0.25) is 0 Å².